The van der Waals surface area contributed by atoms with Gasteiger partial charge in [-0.25, -0.2) is 4.39 Å². The lowest BCUT2D eigenvalue weighted by molar-refractivity contribution is -0.112. The lowest BCUT2D eigenvalue weighted by atomic mass is 10.1. The Kier molecular flexibility index (Phi) is 6.88. The van der Waals surface area contributed by atoms with Crippen LogP contribution in [0.2, 0.25) is 0 Å². The molecule has 1 heterocycles. The van der Waals surface area contributed by atoms with E-state index in [1.165, 1.54) is 29.5 Å². The summed E-state index contributed by atoms with van der Waals surface area (Å²) in [7, 11) is 0. The number of amides is 1. The Morgan fingerprint density at radius 1 is 1.27 bits per heavy atom. The van der Waals surface area contributed by atoms with Crippen LogP contribution < -0.4 is 10.1 Å². The Bertz CT molecular complexity index is 1100. The van der Waals surface area contributed by atoms with Crippen molar-refractivity contribution in [1.82, 2.24) is 10.2 Å². The molecule has 0 aliphatic carbocycles. The minimum absolute atomic E-state index is 0.0630. The van der Waals surface area contributed by atoms with Crippen LogP contribution in [0.1, 0.15) is 35.9 Å². The van der Waals surface area contributed by atoms with Gasteiger partial charge in [0.2, 0.25) is 5.13 Å². The number of aromatic nitrogens is 2. The number of hydrogen-bond donors (Lipinski definition) is 1. The van der Waals surface area contributed by atoms with Crippen LogP contribution in [0.3, 0.4) is 0 Å². The van der Waals surface area contributed by atoms with Gasteiger partial charge in [-0.05, 0) is 41.5 Å². The molecule has 152 valence electrons. The predicted molar refractivity (Wildman–Crippen MR) is 113 cm³/mol. The molecular weight excluding hydrogens is 403 g/mol. The molecule has 1 amide bonds. The van der Waals surface area contributed by atoms with Crippen LogP contribution >= 0.6 is 11.3 Å². The van der Waals surface area contributed by atoms with Crippen LogP contribution in [0.15, 0.2) is 54.1 Å². The minimum Gasteiger partial charge on any atom is -0.489 e. The molecule has 0 fully saturated rings. The number of benzene rings is 2. The van der Waals surface area contributed by atoms with Crippen molar-refractivity contribution in [2.24, 2.45) is 0 Å². The first-order valence-corrected chi connectivity index (χ1v) is 10.00. The molecule has 6 nitrogen and oxygen atoms in total. The highest BCUT2D eigenvalue weighted by atomic mass is 32.1. The number of nitriles is 1. The first-order valence-electron chi connectivity index (χ1n) is 9.18. The number of nitrogens with one attached hydrogen (secondary N) is 1. The van der Waals surface area contributed by atoms with Crippen LogP contribution in [0.5, 0.6) is 5.75 Å². The van der Waals surface area contributed by atoms with E-state index in [4.69, 9.17) is 4.74 Å². The summed E-state index contributed by atoms with van der Waals surface area (Å²) in [6.45, 7) is 4.24. The van der Waals surface area contributed by atoms with Crippen molar-refractivity contribution < 1.29 is 13.9 Å². The highest BCUT2D eigenvalue weighted by Gasteiger charge is 2.14. The molecule has 0 spiro atoms. The average Bonchev–Trinajstić information content (AvgIpc) is 3.20. The van der Waals surface area contributed by atoms with E-state index >= 15 is 0 Å². The van der Waals surface area contributed by atoms with E-state index in [9.17, 15) is 14.4 Å². The van der Waals surface area contributed by atoms with Crippen molar-refractivity contribution in [2.45, 2.75) is 26.4 Å². The summed E-state index contributed by atoms with van der Waals surface area (Å²) in [5.41, 5.74) is 1.40. The van der Waals surface area contributed by atoms with Gasteiger partial charge in [0.25, 0.3) is 5.91 Å². The van der Waals surface area contributed by atoms with Crippen LogP contribution in [0, 0.1) is 17.1 Å². The largest absolute Gasteiger partial charge is 0.489 e. The van der Waals surface area contributed by atoms with Crippen molar-refractivity contribution in [2.75, 3.05) is 5.32 Å². The molecule has 2 aromatic carbocycles. The SMILES string of the molecule is CC(C)c1nnc(NC(=O)/C(C#N)=C\c2cccc(OCc3ccc(F)cc3)c2)s1. The standard InChI is InChI=1S/C22H19FN4O2S/c1-14(2)21-26-27-22(30-21)25-20(28)17(12-24)10-16-4-3-5-19(11-16)29-13-15-6-8-18(23)9-7-15/h3-11,14H,13H2,1-2H3,(H,25,27,28)/b17-10-. The predicted octanol–water partition coefficient (Wildman–Crippen LogP) is 4.93. The number of anilines is 1. The number of ether oxygens (including phenoxy) is 1. The van der Waals surface area contributed by atoms with Gasteiger partial charge in [0.15, 0.2) is 0 Å². The number of rotatable bonds is 7. The van der Waals surface area contributed by atoms with Gasteiger partial charge in [-0.3, -0.25) is 10.1 Å². The van der Waals surface area contributed by atoms with E-state index in [2.05, 4.69) is 15.5 Å². The fraction of sp³-hybridized carbons (Fsp3) is 0.182. The summed E-state index contributed by atoms with van der Waals surface area (Å²) in [5, 5.41) is 21.1. The summed E-state index contributed by atoms with van der Waals surface area (Å²) in [6.07, 6.45) is 1.48. The normalized spacial score (nSPS) is 11.2. The number of nitrogens with zero attached hydrogens (tertiary/aromatic N) is 3. The van der Waals surface area contributed by atoms with Gasteiger partial charge >= 0.3 is 0 Å². The molecule has 1 N–H and O–H groups in total. The molecule has 30 heavy (non-hydrogen) atoms. The highest BCUT2D eigenvalue weighted by Crippen LogP contribution is 2.23. The van der Waals surface area contributed by atoms with E-state index < -0.39 is 5.91 Å². The van der Waals surface area contributed by atoms with Crippen molar-refractivity contribution in [3.05, 3.63) is 76.1 Å². The summed E-state index contributed by atoms with van der Waals surface area (Å²) in [5.74, 6) is -0.0861. The Hall–Kier alpha value is -3.57. The zero-order valence-electron chi connectivity index (χ0n) is 16.4. The topological polar surface area (TPSA) is 87.9 Å². The Balaban J connectivity index is 1.68. The van der Waals surface area contributed by atoms with Gasteiger partial charge in [0, 0.05) is 5.92 Å². The molecule has 0 saturated carbocycles. The molecule has 0 aliphatic heterocycles. The summed E-state index contributed by atoms with van der Waals surface area (Å²) >= 11 is 1.28. The quantitative estimate of drug-likeness (QED) is 0.431. The van der Waals surface area contributed by atoms with E-state index in [1.807, 2.05) is 19.9 Å². The highest BCUT2D eigenvalue weighted by molar-refractivity contribution is 7.15. The van der Waals surface area contributed by atoms with E-state index in [-0.39, 0.29) is 23.9 Å². The van der Waals surface area contributed by atoms with Gasteiger partial charge in [-0.2, -0.15) is 5.26 Å². The molecule has 0 bridgehead atoms. The fourth-order valence-electron chi connectivity index (χ4n) is 2.44. The number of hydrogen-bond acceptors (Lipinski definition) is 6. The Labute approximate surface area is 177 Å². The Morgan fingerprint density at radius 3 is 2.70 bits per heavy atom. The molecule has 0 saturated heterocycles. The molecule has 3 aromatic rings. The third-order valence-electron chi connectivity index (χ3n) is 4.01. The maximum atomic E-state index is 13.0. The molecule has 1 aromatic heterocycles. The lowest BCUT2D eigenvalue weighted by Crippen LogP contribution is -2.13. The van der Waals surface area contributed by atoms with Gasteiger partial charge in [-0.15, -0.1) is 10.2 Å². The first kappa shape index (κ1) is 21.1. The smallest absolute Gasteiger partial charge is 0.268 e. The zero-order valence-corrected chi connectivity index (χ0v) is 17.2. The molecule has 0 unspecified atom stereocenters. The molecule has 0 aliphatic rings. The van der Waals surface area contributed by atoms with Crippen LogP contribution in [0.25, 0.3) is 6.08 Å². The van der Waals surface area contributed by atoms with Gasteiger partial charge in [0.1, 0.15) is 34.8 Å². The minimum atomic E-state index is -0.554. The molecule has 0 radical (unpaired) electrons. The first-order chi connectivity index (χ1) is 14.4. The van der Waals surface area contributed by atoms with Gasteiger partial charge in [-0.1, -0.05) is 49.4 Å². The van der Waals surface area contributed by atoms with Crippen molar-refractivity contribution in [3.8, 4) is 11.8 Å². The van der Waals surface area contributed by atoms with Crippen LogP contribution in [0.4, 0.5) is 9.52 Å². The maximum absolute atomic E-state index is 13.0. The molecular formula is C22H19FN4O2S. The van der Waals surface area contributed by atoms with Crippen molar-refractivity contribution >= 4 is 28.5 Å². The zero-order chi connectivity index (χ0) is 21.5. The second-order valence-electron chi connectivity index (χ2n) is 6.71. The summed E-state index contributed by atoms with van der Waals surface area (Å²) in [6, 6.07) is 15.0. The second-order valence-corrected chi connectivity index (χ2v) is 7.72. The summed E-state index contributed by atoms with van der Waals surface area (Å²) in [4.78, 5) is 12.4. The van der Waals surface area contributed by atoms with Crippen molar-refractivity contribution in [3.63, 3.8) is 0 Å². The fourth-order valence-corrected chi connectivity index (χ4v) is 3.18. The Morgan fingerprint density at radius 2 is 2.03 bits per heavy atom. The number of halogens is 1. The van der Waals surface area contributed by atoms with Crippen LogP contribution in [-0.4, -0.2) is 16.1 Å². The van der Waals surface area contributed by atoms with E-state index in [0.717, 1.165) is 10.6 Å². The maximum Gasteiger partial charge on any atom is 0.268 e. The third-order valence-corrected chi connectivity index (χ3v) is 5.15. The summed E-state index contributed by atoms with van der Waals surface area (Å²) < 4.78 is 18.7. The van der Waals surface area contributed by atoms with Crippen molar-refractivity contribution in [1.29, 1.82) is 5.26 Å². The number of carbonyl (C=O) groups excluding carboxylic acids is 1. The van der Waals surface area contributed by atoms with E-state index in [1.54, 1.807) is 36.4 Å². The molecule has 8 heteroatoms. The second kappa shape index (κ2) is 9.76. The monoisotopic (exact) mass is 422 g/mol. The molecule has 0 atom stereocenters. The lowest BCUT2D eigenvalue weighted by Gasteiger charge is -2.07. The van der Waals surface area contributed by atoms with Gasteiger partial charge in [0.05, 0.1) is 0 Å². The average molecular weight is 422 g/mol. The third kappa shape index (κ3) is 5.72. The van der Waals surface area contributed by atoms with Crippen LogP contribution in [-0.2, 0) is 11.4 Å². The number of carbonyl (C=O) groups is 1. The molecule has 3 rings (SSSR count). The van der Waals surface area contributed by atoms with Gasteiger partial charge < -0.3 is 4.74 Å². The van der Waals surface area contributed by atoms with E-state index in [0.29, 0.717) is 16.4 Å².